The molecule has 1 unspecified atom stereocenters. The van der Waals surface area contributed by atoms with Crippen molar-refractivity contribution in [2.75, 3.05) is 37.7 Å². The molecule has 2 heterocycles. The van der Waals surface area contributed by atoms with Crippen LogP contribution in [0.25, 0.3) is 5.69 Å². The topological polar surface area (TPSA) is 59.4 Å². The van der Waals surface area contributed by atoms with E-state index in [0.717, 1.165) is 55.2 Å². The third-order valence-electron chi connectivity index (χ3n) is 4.82. The summed E-state index contributed by atoms with van der Waals surface area (Å²) in [4.78, 5) is 14.6. The van der Waals surface area contributed by atoms with Gasteiger partial charge in [-0.3, -0.25) is 4.79 Å². The van der Waals surface area contributed by atoms with Crippen molar-refractivity contribution in [3.63, 3.8) is 0 Å². The first-order chi connectivity index (χ1) is 14.1. The first-order valence-corrected chi connectivity index (χ1v) is 9.80. The molecule has 8 heteroatoms. The molecule has 29 heavy (non-hydrogen) atoms. The first kappa shape index (κ1) is 21.1. The molecule has 0 saturated carbocycles. The first-order valence-electron chi connectivity index (χ1n) is 9.80. The highest BCUT2D eigenvalue weighted by atomic mass is 19.1. The van der Waals surface area contributed by atoms with Crippen molar-refractivity contribution in [2.45, 2.75) is 25.3 Å². The molecule has 1 aromatic carbocycles. The van der Waals surface area contributed by atoms with Gasteiger partial charge in [0, 0.05) is 38.4 Å². The summed E-state index contributed by atoms with van der Waals surface area (Å²) in [6.07, 6.45) is 6.47. The highest BCUT2D eigenvalue weighted by Crippen LogP contribution is 2.17. The Morgan fingerprint density at radius 3 is 2.72 bits per heavy atom. The second kappa shape index (κ2) is 10.3. The van der Waals surface area contributed by atoms with Gasteiger partial charge in [-0.25, -0.2) is 8.78 Å². The van der Waals surface area contributed by atoms with Crippen LogP contribution in [0.15, 0.2) is 47.9 Å². The van der Waals surface area contributed by atoms with Gasteiger partial charge in [0.2, 0.25) is 0 Å². The van der Waals surface area contributed by atoms with Crippen molar-refractivity contribution >= 4 is 5.69 Å². The Balaban J connectivity index is 1.70. The molecule has 1 aliphatic rings. The van der Waals surface area contributed by atoms with Gasteiger partial charge in [0.25, 0.3) is 5.56 Å². The zero-order chi connectivity index (χ0) is 20.6. The SMILES string of the molecule is C=CCCCCOCC1CNCCN1c1cnn(-c2cc(F)cc(F)c2)c(=O)c1. The fourth-order valence-corrected chi connectivity index (χ4v) is 3.37. The van der Waals surface area contributed by atoms with Crippen molar-refractivity contribution in [1.82, 2.24) is 15.1 Å². The molecule has 1 fully saturated rings. The van der Waals surface area contributed by atoms with Crippen LogP contribution >= 0.6 is 0 Å². The van der Waals surface area contributed by atoms with Crippen LogP contribution in [0.2, 0.25) is 0 Å². The van der Waals surface area contributed by atoms with Gasteiger partial charge >= 0.3 is 0 Å². The molecule has 0 spiro atoms. The summed E-state index contributed by atoms with van der Waals surface area (Å²) in [7, 11) is 0. The number of benzene rings is 1. The van der Waals surface area contributed by atoms with Gasteiger partial charge in [-0.2, -0.15) is 9.78 Å². The lowest BCUT2D eigenvalue weighted by Crippen LogP contribution is -2.53. The molecular weight excluding hydrogens is 378 g/mol. The van der Waals surface area contributed by atoms with E-state index in [0.29, 0.717) is 25.4 Å². The minimum Gasteiger partial charge on any atom is -0.379 e. The molecule has 1 aromatic heterocycles. The Morgan fingerprint density at radius 2 is 2.00 bits per heavy atom. The van der Waals surface area contributed by atoms with Crippen LogP contribution in [-0.2, 0) is 4.74 Å². The third kappa shape index (κ3) is 5.71. The maximum atomic E-state index is 13.5. The molecular formula is C21H26F2N4O2. The smallest absolute Gasteiger partial charge is 0.273 e. The third-order valence-corrected chi connectivity index (χ3v) is 4.82. The highest BCUT2D eigenvalue weighted by molar-refractivity contribution is 5.46. The van der Waals surface area contributed by atoms with E-state index in [1.807, 2.05) is 6.08 Å². The molecule has 0 bridgehead atoms. The summed E-state index contributed by atoms with van der Waals surface area (Å²) in [5, 5.41) is 7.47. The minimum atomic E-state index is -0.759. The standard InChI is InChI=1S/C21H26F2N4O2/c1-2-3-4-5-8-29-15-20-13-24-6-7-26(20)19-12-21(28)27(25-14-19)18-10-16(22)9-17(23)11-18/h2,9-12,14,20,24H,1,3-8,13,15H2. The minimum absolute atomic E-state index is 0.0544. The Labute approximate surface area is 168 Å². The van der Waals surface area contributed by atoms with E-state index in [4.69, 9.17) is 4.74 Å². The molecule has 156 valence electrons. The molecule has 0 radical (unpaired) electrons. The van der Waals surface area contributed by atoms with Gasteiger partial charge in [-0.15, -0.1) is 6.58 Å². The van der Waals surface area contributed by atoms with Crippen LogP contribution in [-0.4, -0.2) is 48.7 Å². The lowest BCUT2D eigenvalue weighted by molar-refractivity contribution is 0.112. The Bertz CT molecular complexity index is 867. The Hall–Kier alpha value is -2.58. The van der Waals surface area contributed by atoms with Crippen molar-refractivity contribution in [1.29, 1.82) is 0 Å². The van der Waals surface area contributed by atoms with Crippen molar-refractivity contribution in [2.24, 2.45) is 0 Å². The van der Waals surface area contributed by atoms with Crippen LogP contribution < -0.4 is 15.8 Å². The summed E-state index contributed by atoms with van der Waals surface area (Å²) < 4.78 is 33.7. The molecule has 2 aromatic rings. The molecule has 6 nitrogen and oxygen atoms in total. The number of hydrogen-bond acceptors (Lipinski definition) is 5. The van der Waals surface area contributed by atoms with Crippen LogP contribution in [0.4, 0.5) is 14.5 Å². The quantitative estimate of drug-likeness (QED) is 0.514. The Morgan fingerprint density at radius 1 is 1.21 bits per heavy atom. The maximum absolute atomic E-state index is 13.5. The van der Waals surface area contributed by atoms with Crippen molar-refractivity contribution in [3.05, 3.63) is 65.1 Å². The molecule has 1 atom stereocenters. The van der Waals surface area contributed by atoms with Crippen LogP contribution in [0.5, 0.6) is 0 Å². The number of nitrogens with one attached hydrogen (secondary N) is 1. The summed E-state index contributed by atoms with van der Waals surface area (Å²) in [6.45, 7) is 7.17. The summed E-state index contributed by atoms with van der Waals surface area (Å²) in [5.41, 5.74) is 0.277. The van der Waals surface area contributed by atoms with Gasteiger partial charge in [0.1, 0.15) is 11.6 Å². The second-order valence-electron chi connectivity index (χ2n) is 7.00. The van der Waals surface area contributed by atoms with E-state index in [2.05, 4.69) is 21.9 Å². The fraction of sp³-hybridized carbons (Fsp3) is 0.429. The molecule has 0 aliphatic carbocycles. The van der Waals surface area contributed by atoms with E-state index >= 15 is 0 Å². The van der Waals surface area contributed by atoms with Crippen LogP contribution in [0.1, 0.15) is 19.3 Å². The number of nitrogens with zero attached hydrogens (tertiary/aromatic N) is 3. The normalized spacial score (nSPS) is 16.8. The molecule has 1 saturated heterocycles. The van der Waals surface area contributed by atoms with Crippen molar-refractivity contribution in [3.8, 4) is 5.69 Å². The number of piperazine rings is 1. The van der Waals surface area contributed by atoms with E-state index in [-0.39, 0.29) is 11.7 Å². The average Bonchev–Trinajstić information content (AvgIpc) is 2.70. The fourth-order valence-electron chi connectivity index (χ4n) is 3.37. The monoisotopic (exact) mass is 404 g/mol. The lowest BCUT2D eigenvalue weighted by atomic mass is 10.2. The molecule has 1 aliphatic heterocycles. The zero-order valence-electron chi connectivity index (χ0n) is 16.3. The predicted molar refractivity (Wildman–Crippen MR) is 109 cm³/mol. The largest absolute Gasteiger partial charge is 0.379 e. The van der Waals surface area contributed by atoms with Gasteiger partial charge in [-0.05, 0) is 31.4 Å². The number of aromatic nitrogens is 2. The average molecular weight is 404 g/mol. The van der Waals surface area contributed by atoms with E-state index in [1.54, 1.807) is 6.20 Å². The van der Waals surface area contributed by atoms with E-state index in [9.17, 15) is 13.6 Å². The zero-order valence-corrected chi connectivity index (χ0v) is 16.3. The number of allylic oxidation sites excluding steroid dienone is 1. The maximum Gasteiger partial charge on any atom is 0.273 e. The van der Waals surface area contributed by atoms with Crippen LogP contribution in [0.3, 0.4) is 0 Å². The van der Waals surface area contributed by atoms with Crippen LogP contribution in [0, 0.1) is 11.6 Å². The van der Waals surface area contributed by atoms with Gasteiger partial charge in [-0.1, -0.05) is 6.08 Å². The summed E-state index contributed by atoms with van der Waals surface area (Å²) >= 11 is 0. The molecule has 1 N–H and O–H groups in total. The molecule has 3 rings (SSSR count). The number of anilines is 1. The van der Waals surface area contributed by atoms with Gasteiger partial charge < -0.3 is 15.0 Å². The van der Waals surface area contributed by atoms with E-state index in [1.165, 1.54) is 6.07 Å². The number of unbranched alkanes of at least 4 members (excludes halogenated alkanes) is 2. The summed E-state index contributed by atoms with van der Waals surface area (Å²) in [5.74, 6) is -1.52. The van der Waals surface area contributed by atoms with Gasteiger partial charge in [0.05, 0.1) is 30.2 Å². The van der Waals surface area contributed by atoms with Gasteiger partial charge in [0.15, 0.2) is 0 Å². The predicted octanol–water partition coefficient (Wildman–Crippen LogP) is 2.66. The number of rotatable bonds is 9. The number of ether oxygens (including phenoxy) is 1. The molecule has 0 amide bonds. The van der Waals surface area contributed by atoms with Crippen molar-refractivity contribution < 1.29 is 13.5 Å². The Kier molecular flexibility index (Phi) is 7.48. The van der Waals surface area contributed by atoms with E-state index < -0.39 is 17.2 Å². The number of halogens is 2. The lowest BCUT2D eigenvalue weighted by Gasteiger charge is -2.37. The number of hydrogen-bond donors (Lipinski definition) is 1. The second-order valence-corrected chi connectivity index (χ2v) is 7.00. The summed E-state index contributed by atoms with van der Waals surface area (Å²) in [6, 6.07) is 4.42. The highest BCUT2D eigenvalue weighted by Gasteiger charge is 2.23.